The van der Waals surface area contributed by atoms with Gasteiger partial charge >= 0.3 is 5.97 Å². The molecule has 244 valence electrons. The summed E-state index contributed by atoms with van der Waals surface area (Å²) in [6, 6.07) is 8.22. The van der Waals surface area contributed by atoms with E-state index in [1.165, 1.54) is 11.9 Å². The van der Waals surface area contributed by atoms with Crippen molar-refractivity contribution in [3.8, 4) is 0 Å². The molecule has 0 radical (unpaired) electrons. The van der Waals surface area contributed by atoms with Gasteiger partial charge in [-0.1, -0.05) is 45.0 Å². The molecule has 0 aliphatic carbocycles. The van der Waals surface area contributed by atoms with Gasteiger partial charge in [-0.25, -0.2) is 10.2 Å². The van der Waals surface area contributed by atoms with Crippen LogP contribution in [0.5, 0.6) is 0 Å². The standard InChI is InChI=1S/C33H45N5O7/c1-7-24-13-12-23-11-10-22(17-26(23)36-24)14-15-33(19-43-32(5,6)18-44-33)31(42)45-27(20(2)3)29(40)35-21(4)30(41)38-16-8-9-25(37-38)28(34)39/h10-15,17,20-21,25,27,37H,7-9,16,18-19H2,1-6H3,(H2,34,39)(H,35,40)/b15-14+. The number of hydrazine groups is 1. The Morgan fingerprint density at radius 3 is 2.53 bits per heavy atom. The number of fused-ring (bicyclic) bond motifs is 1. The molecule has 1 aromatic heterocycles. The number of hydrogen-bond donors (Lipinski definition) is 3. The molecule has 4 unspecified atom stereocenters. The van der Waals surface area contributed by atoms with Crippen molar-refractivity contribution in [2.45, 2.75) is 90.2 Å². The van der Waals surface area contributed by atoms with Crippen molar-refractivity contribution in [2.75, 3.05) is 19.8 Å². The minimum atomic E-state index is -1.61. The van der Waals surface area contributed by atoms with Gasteiger partial charge in [-0.3, -0.25) is 24.4 Å². The SMILES string of the molecule is CCc1ccc2ccc(/C=C/C3(C(=O)OC(C(=O)NC(C)C(=O)N4CCCC(C(N)=O)N4)C(C)C)COC(C)(C)CO3)cc2n1. The molecule has 2 fully saturated rings. The first-order valence-corrected chi connectivity index (χ1v) is 15.5. The van der Waals surface area contributed by atoms with Crippen molar-refractivity contribution < 1.29 is 33.4 Å². The third kappa shape index (κ3) is 8.24. The van der Waals surface area contributed by atoms with Gasteiger partial charge in [-0.2, -0.15) is 0 Å². The zero-order chi connectivity index (χ0) is 32.9. The smallest absolute Gasteiger partial charge is 0.345 e. The number of primary amides is 1. The van der Waals surface area contributed by atoms with E-state index in [-0.39, 0.29) is 13.2 Å². The summed E-state index contributed by atoms with van der Waals surface area (Å²) >= 11 is 0. The average molecular weight is 624 g/mol. The van der Waals surface area contributed by atoms with Crippen molar-refractivity contribution in [1.82, 2.24) is 20.7 Å². The fraction of sp³-hybridized carbons (Fsp3) is 0.545. The van der Waals surface area contributed by atoms with E-state index < -0.39 is 59.0 Å². The quantitative estimate of drug-likeness (QED) is 0.338. The van der Waals surface area contributed by atoms with Crippen molar-refractivity contribution in [3.05, 3.63) is 47.7 Å². The number of amides is 3. The Labute approximate surface area is 264 Å². The van der Waals surface area contributed by atoms with Gasteiger partial charge in [0.15, 0.2) is 6.10 Å². The summed E-state index contributed by atoms with van der Waals surface area (Å²) in [6.45, 7) is 11.1. The zero-order valence-corrected chi connectivity index (χ0v) is 26.9. The fourth-order valence-electron chi connectivity index (χ4n) is 5.13. The maximum Gasteiger partial charge on any atom is 0.345 e. The molecule has 0 saturated carbocycles. The third-order valence-corrected chi connectivity index (χ3v) is 8.00. The second kappa shape index (κ2) is 14.1. The number of aromatic nitrogens is 1. The molecule has 2 aromatic rings. The lowest BCUT2D eigenvalue weighted by Crippen LogP contribution is -2.61. The van der Waals surface area contributed by atoms with Gasteiger partial charge in [0.1, 0.15) is 12.1 Å². The number of pyridine rings is 1. The lowest BCUT2D eigenvalue weighted by molar-refractivity contribution is -0.224. The van der Waals surface area contributed by atoms with Crippen LogP contribution in [0, 0.1) is 5.92 Å². The Bertz CT molecular complexity index is 1450. The number of aryl methyl sites for hydroxylation is 1. The highest BCUT2D eigenvalue weighted by atomic mass is 16.6. The number of benzene rings is 1. The van der Waals surface area contributed by atoms with Crippen molar-refractivity contribution in [2.24, 2.45) is 11.7 Å². The lowest BCUT2D eigenvalue weighted by Gasteiger charge is -2.41. The highest BCUT2D eigenvalue weighted by Crippen LogP contribution is 2.30. The number of nitrogens with two attached hydrogens (primary N) is 1. The summed E-state index contributed by atoms with van der Waals surface area (Å²) in [6.07, 6.45) is 4.06. The number of hydrogen-bond acceptors (Lipinski definition) is 9. The molecule has 2 aliphatic heterocycles. The molecule has 4 atom stereocenters. The monoisotopic (exact) mass is 623 g/mol. The van der Waals surface area contributed by atoms with Gasteiger partial charge in [0.05, 0.1) is 24.3 Å². The molecule has 4 N–H and O–H groups in total. The molecule has 0 bridgehead atoms. The van der Waals surface area contributed by atoms with Gasteiger partial charge in [0.25, 0.3) is 11.8 Å². The van der Waals surface area contributed by atoms with Crippen LogP contribution in [-0.2, 0) is 39.8 Å². The molecular weight excluding hydrogens is 578 g/mol. The van der Waals surface area contributed by atoms with E-state index in [2.05, 4.69) is 10.7 Å². The average Bonchev–Trinajstić information content (AvgIpc) is 3.02. The van der Waals surface area contributed by atoms with Crippen molar-refractivity contribution in [3.63, 3.8) is 0 Å². The van der Waals surface area contributed by atoms with E-state index in [1.54, 1.807) is 26.0 Å². The Kier molecular flexibility index (Phi) is 10.6. The fourth-order valence-corrected chi connectivity index (χ4v) is 5.13. The number of carbonyl (C=O) groups is 4. The summed E-state index contributed by atoms with van der Waals surface area (Å²) < 4.78 is 18.0. The van der Waals surface area contributed by atoms with Crippen LogP contribution >= 0.6 is 0 Å². The topological polar surface area (TPSA) is 162 Å². The minimum Gasteiger partial charge on any atom is -0.450 e. The van der Waals surface area contributed by atoms with Gasteiger partial charge in [-0.15, -0.1) is 0 Å². The Balaban J connectivity index is 1.51. The predicted octanol–water partition coefficient (Wildman–Crippen LogP) is 2.43. The van der Waals surface area contributed by atoms with E-state index in [0.29, 0.717) is 19.4 Å². The van der Waals surface area contributed by atoms with E-state index in [9.17, 15) is 19.2 Å². The predicted molar refractivity (Wildman–Crippen MR) is 168 cm³/mol. The molecule has 3 amide bonds. The number of ether oxygens (including phenoxy) is 3. The van der Waals surface area contributed by atoms with Crippen molar-refractivity contribution >= 4 is 40.7 Å². The number of nitrogens with one attached hydrogen (secondary N) is 2. The van der Waals surface area contributed by atoms with E-state index in [4.69, 9.17) is 24.9 Å². The molecule has 4 rings (SSSR count). The summed E-state index contributed by atoms with van der Waals surface area (Å²) in [5, 5.41) is 4.95. The van der Waals surface area contributed by atoms with Crippen LogP contribution in [0.1, 0.15) is 65.6 Å². The minimum absolute atomic E-state index is 0.116. The van der Waals surface area contributed by atoms with Crippen LogP contribution in [0.15, 0.2) is 36.4 Å². The van der Waals surface area contributed by atoms with Gasteiger partial charge < -0.3 is 25.3 Å². The summed E-state index contributed by atoms with van der Waals surface area (Å²) in [7, 11) is 0. The number of nitrogens with zero attached hydrogens (tertiary/aromatic N) is 2. The van der Waals surface area contributed by atoms with Crippen LogP contribution in [0.3, 0.4) is 0 Å². The molecule has 12 heteroatoms. The normalized spacial score (nSPS) is 23.1. The van der Waals surface area contributed by atoms with E-state index in [0.717, 1.165) is 28.6 Å². The largest absolute Gasteiger partial charge is 0.450 e. The Morgan fingerprint density at radius 2 is 1.89 bits per heavy atom. The molecule has 0 spiro atoms. The number of rotatable bonds is 10. The molecule has 1 aromatic carbocycles. The molecule has 45 heavy (non-hydrogen) atoms. The van der Waals surface area contributed by atoms with Crippen LogP contribution in [0.4, 0.5) is 0 Å². The lowest BCUT2D eigenvalue weighted by atomic mass is 9.98. The molecular formula is C33H45N5O7. The first-order valence-electron chi connectivity index (χ1n) is 15.5. The van der Waals surface area contributed by atoms with Crippen LogP contribution in [0.25, 0.3) is 17.0 Å². The van der Waals surface area contributed by atoms with E-state index in [1.807, 2.05) is 51.1 Å². The molecule has 2 aliphatic rings. The zero-order valence-electron chi connectivity index (χ0n) is 26.9. The Hall–Kier alpha value is -3.87. The third-order valence-electron chi connectivity index (χ3n) is 8.00. The summed E-state index contributed by atoms with van der Waals surface area (Å²) in [4.78, 5) is 56.6. The van der Waals surface area contributed by atoms with Crippen LogP contribution < -0.4 is 16.5 Å². The second-order valence-electron chi connectivity index (χ2n) is 12.7. The van der Waals surface area contributed by atoms with Gasteiger partial charge in [0, 0.05) is 17.6 Å². The Morgan fingerprint density at radius 1 is 1.16 bits per heavy atom. The van der Waals surface area contributed by atoms with Gasteiger partial charge in [-0.05, 0) is 69.7 Å². The number of carbonyl (C=O) groups excluding carboxylic acids is 4. The highest BCUT2D eigenvalue weighted by molar-refractivity contribution is 5.92. The summed E-state index contributed by atoms with van der Waals surface area (Å²) in [5.74, 6) is -2.84. The molecule has 12 nitrogen and oxygen atoms in total. The second-order valence-corrected chi connectivity index (χ2v) is 12.7. The van der Waals surface area contributed by atoms with Gasteiger partial charge in [0.2, 0.25) is 11.5 Å². The first kappa shape index (κ1) is 34.0. The van der Waals surface area contributed by atoms with Crippen LogP contribution in [0.2, 0.25) is 0 Å². The number of esters is 1. The maximum absolute atomic E-state index is 13.8. The van der Waals surface area contributed by atoms with E-state index >= 15 is 0 Å². The van der Waals surface area contributed by atoms with Crippen molar-refractivity contribution in [1.29, 1.82) is 0 Å². The first-order chi connectivity index (χ1) is 21.2. The molecule has 3 heterocycles. The molecule has 2 saturated heterocycles. The summed E-state index contributed by atoms with van der Waals surface area (Å²) in [5.41, 5.74) is 8.60. The van der Waals surface area contributed by atoms with Crippen LogP contribution in [-0.4, -0.2) is 82.8 Å². The maximum atomic E-state index is 13.8. The highest BCUT2D eigenvalue weighted by Gasteiger charge is 2.47.